The molecule has 0 aliphatic carbocycles. The zero-order valence-corrected chi connectivity index (χ0v) is 11.0. The van der Waals surface area contributed by atoms with Crippen LogP contribution in [-0.2, 0) is 0 Å². The molecular formula is C14H29N2+. The Kier molecular flexibility index (Phi) is 5.11. The molecule has 2 saturated heterocycles. The minimum absolute atomic E-state index is 0.916. The molecule has 0 amide bonds. The second-order valence-corrected chi connectivity index (χ2v) is 6.00. The van der Waals surface area contributed by atoms with E-state index < -0.39 is 0 Å². The van der Waals surface area contributed by atoms with Crippen molar-refractivity contribution in [3.63, 3.8) is 0 Å². The summed E-state index contributed by atoms with van der Waals surface area (Å²) < 4.78 is 0. The predicted molar refractivity (Wildman–Crippen MR) is 68.6 cm³/mol. The van der Waals surface area contributed by atoms with Gasteiger partial charge in [-0.2, -0.15) is 0 Å². The second kappa shape index (κ2) is 6.61. The number of nitrogens with one attached hydrogen (secondary N) is 1. The largest absolute Gasteiger partial charge is 0.322 e. The van der Waals surface area contributed by atoms with Gasteiger partial charge in [0.05, 0.1) is 13.1 Å². The van der Waals surface area contributed by atoms with E-state index in [9.17, 15) is 0 Å². The summed E-state index contributed by atoms with van der Waals surface area (Å²) in [7, 11) is 0. The van der Waals surface area contributed by atoms with Gasteiger partial charge in [-0.1, -0.05) is 26.2 Å². The molecule has 2 rings (SSSR count). The van der Waals surface area contributed by atoms with E-state index in [0.29, 0.717) is 0 Å². The molecule has 1 N–H and O–H groups in total. The van der Waals surface area contributed by atoms with Crippen molar-refractivity contribution in [2.45, 2.75) is 51.9 Å². The third-order valence-corrected chi connectivity index (χ3v) is 4.25. The molecule has 2 heteroatoms. The van der Waals surface area contributed by atoms with Gasteiger partial charge in [0, 0.05) is 19.5 Å². The minimum Gasteiger partial charge on any atom is -0.322 e. The Morgan fingerprint density at radius 1 is 0.938 bits per heavy atom. The summed E-state index contributed by atoms with van der Waals surface area (Å²) in [4.78, 5) is 4.56. The van der Waals surface area contributed by atoms with Crippen LogP contribution < -0.4 is 4.90 Å². The Hall–Kier alpha value is -0.0800. The van der Waals surface area contributed by atoms with E-state index in [0.717, 1.165) is 5.92 Å². The molecule has 3 unspecified atom stereocenters. The van der Waals surface area contributed by atoms with Gasteiger partial charge in [0.2, 0.25) is 0 Å². The normalized spacial score (nSPS) is 38.4. The fourth-order valence-corrected chi connectivity index (χ4v) is 3.32. The van der Waals surface area contributed by atoms with Crippen molar-refractivity contribution in [2.75, 3.05) is 32.8 Å². The summed E-state index contributed by atoms with van der Waals surface area (Å²) in [5.41, 5.74) is 0. The van der Waals surface area contributed by atoms with Crippen LogP contribution in [0, 0.1) is 5.92 Å². The maximum Gasteiger partial charge on any atom is 0.133 e. The van der Waals surface area contributed by atoms with E-state index in [1.807, 2.05) is 4.90 Å². The highest BCUT2D eigenvalue weighted by Crippen LogP contribution is 2.13. The monoisotopic (exact) mass is 225 g/mol. The third kappa shape index (κ3) is 4.06. The van der Waals surface area contributed by atoms with Crippen molar-refractivity contribution < 1.29 is 4.90 Å². The fourth-order valence-electron chi connectivity index (χ4n) is 3.32. The van der Waals surface area contributed by atoms with Crippen molar-refractivity contribution >= 4 is 0 Å². The summed E-state index contributed by atoms with van der Waals surface area (Å²) in [5.74, 6) is 0.916. The smallest absolute Gasteiger partial charge is 0.133 e. The van der Waals surface area contributed by atoms with Crippen LogP contribution in [0.2, 0.25) is 0 Å². The highest BCUT2D eigenvalue weighted by molar-refractivity contribution is 4.63. The van der Waals surface area contributed by atoms with Gasteiger partial charge in [0.25, 0.3) is 0 Å². The van der Waals surface area contributed by atoms with Crippen molar-refractivity contribution in [2.24, 2.45) is 5.92 Å². The highest BCUT2D eigenvalue weighted by atomic mass is 15.3. The molecule has 0 aromatic heterocycles. The number of rotatable bonds is 0. The van der Waals surface area contributed by atoms with Gasteiger partial charge in [-0.15, -0.1) is 0 Å². The molecule has 2 fully saturated rings. The number of hydrogen-bond donors (Lipinski definition) is 1. The summed E-state index contributed by atoms with van der Waals surface area (Å²) >= 11 is 0. The molecule has 2 aliphatic heterocycles. The highest BCUT2D eigenvalue weighted by Gasteiger charge is 2.21. The first-order valence-corrected chi connectivity index (χ1v) is 7.40. The van der Waals surface area contributed by atoms with E-state index in [4.69, 9.17) is 0 Å². The first-order chi connectivity index (χ1) is 7.84. The average molecular weight is 225 g/mol. The van der Waals surface area contributed by atoms with E-state index in [1.54, 1.807) is 0 Å². The predicted octanol–water partition coefficient (Wildman–Crippen LogP) is 1.52. The number of quaternary nitrogens is 1. The van der Waals surface area contributed by atoms with Gasteiger partial charge >= 0.3 is 0 Å². The van der Waals surface area contributed by atoms with Crippen LogP contribution in [0.1, 0.15) is 51.9 Å². The lowest BCUT2D eigenvalue weighted by Gasteiger charge is -2.34. The Balaban J connectivity index is 1.84. The summed E-state index contributed by atoms with van der Waals surface area (Å²) in [6.45, 7) is 9.32. The number of hydrogen-bond acceptors (Lipinski definition) is 1. The Morgan fingerprint density at radius 2 is 1.69 bits per heavy atom. The van der Waals surface area contributed by atoms with Gasteiger partial charge in [0.15, 0.2) is 0 Å². The minimum atomic E-state index is 0.916. The number of nitrogens with zero attached hydrogens (tertiary/aromatic N) is 1. The summed E-state index contributed by atoms with van der Waals surface area (Å²) in [5, 5.41) is 0. The SMILES string of the molecule is CC1CCCCCCC[NH+]2CCCN(C1)C2. The van der Waals surface area contributed by atoms with Crippen LogP contribution in [0.5, 0.6) is 0 Å². The Morgan fingerprint density at radius 3 is 2.62 bits per heavy atom. The molecule has 2 aliphatic rings. The second-order valence-electron chi connectivity index (χ2n) is 6.00. The van der Waals surface area contributed by atoms with Crippen LogP contribution in [-0.4, -0.2) is 37.7 Å². The molecule has 16 heavy (non-hydrogen) atoms. The van der Waals surface area contributed by atoms with E-state index >= 15 is 0 Å². The van der Waals surface area contributed by atoms with Gasteiger partial charge in [-0.25, -0.2) is 0 Å². The van der Waals surface area contributed by atoms with Crippen molar-refractivity contribution in [3.8, 4) is 0 Å². The van der Waals surface area contributed by atoms with Gasteiger partial charge in [0.1, 0.15) is 6.67 Å². The Labute approximate surface area is 101 Å². The lowest BCUT2D eigenvalue weighted by Crippen LogP contribution is -3.14. The molecule has 0 aromatic carbocycles. The van der Waals surface area contributed by atoms with Gasteiger partial charge in [-0.05, 0) is 25.2 Å². The maximum absolute atomic E-state index is 2.71. The van der Waals surface area contributed by atoms with E-state index in [-0.39, 0.29) is 0 Å². The zero-order valence-electron chi connectivity index (χ0n) is 11.0. The maximum atomic E-state index is 2.71. The van der Waals surface area contributed by atoms with E-state index in [1.165, 1.54) is 77.8 Å². The molecule has 0 radical (unpaired) electrons. The average Bonchev–Trinajstić information content (AvgIpc) is 2.27. The number of fused-ring (bicyclic) bond motifs is 2. The molecule has 0 saturated carbocycles. The topological polar surface area (TPSA) is 7.68 Å². The van der Waals surface area contributed by atoms with Crippen LogP contribution in [0.3, 0.4) is 0 Å². The summed E-state index contributed by atoms with van der Waals surface area (Å²) in [6.07, 6.45) is 10.2. The van der Waals surface area contributed by atoms with E-state index in [2.05, 4.69) is 11.8 Å². The Bertz CT molecular complexity index is 191. The third-order valence-electron chi connectivity index (χ3n) is 4.25. The van der Waals surface area contributed by atoms with Crippen LogP contribution in [0.4, 0.5) is 0 Å². The molecule has 2 nitrogen and oxygen atoms in total. The van der Waals surface area contributed by atoms with Crippen molar-refractivity contribution in [3.05, 3.63) is 0 Å². The van der Waals surface area contributed by atoms with Crippen LogP contribution in [0.15, 0.2) is 0 Å². The first-order valence-electron chi connectivity index (χ1n) is 7.40. The molecule has 0 spiro atoms. The lowest BCUT2D eigenvalue weighted by atomic mass is 10.0. The zero-order chi connectivity index (χ0) is 11.2. The summed E-state index contributed by atoms with van der Waals surface area (Å²) in [6, 6.07) is 0. The molecule has 2 heterocycles. The molecule has 3 atom stereocenters. The van der Waals surface area contributed by atoms with Crippen LogP contribution in [0.25, 0.3) is 0 Å². The van der Waals surface area contributed by atoms with Crippen molar-refractivity contribution in [1.29, 1.82) is 0 Å². The van der Waals surface area contributed by atoms with Gasteiger partial charge in [-0.3, -0.25) is 4.90 Å². The van der Waals surface area contributed by atoms with Crippen LogP contribution >= 0.6 is 0 Å². The van der Waals surface area contributed by atoms with Gasteiger partial charge < -0.3 is 4.90 Å². The molecule has 94 valence electrons. The molecular weight excluding hydrogens is 196 g/mol. The molecule has 2 bridgehead atoms. The lowest BCUT2D eigenvalue weighted by molar-refractivity contribution is -0.916. The first kappa shape index (κ1) is 12.4. The fraction of sp³-hybridized carbons (Fsp3) is 1.00. The van der Waals surface area contributed by atoms with Crippen molar-refractivity contribution in [1.82, 2.24) is 4.90 Å². The standard InChI is InChI=1S/C14H28N2/c1-14-8-5-3-2-4-6-9-15-10-7-11-16(12-14)13-15/h14H,2-13H2,1H3/p+1. The quantitative estimate of drug-likeness (QED) is 0.657. The molecule has 0 aromatic rings.